The first-order chi connectivity index (χ1) is 13.1. The fourth-order valence-corrected chi connectivity index (χ4v) is 3.56. The van der Waals surface area contributed by atoms with E-state index in [1.54, 1.807) is 0 Å². The number of nitrogens with one attached hydrogen (secondary N) is 1. The van der Waals surface area contributed by atoms with Gasteiger partial charge in [0.25, 0.3) is 5.56 Å². The third-order valence-electron chi connectivity index (χ3n) is 5.15. The molecule has 1 amide bonds. The molecule has 0 aliphatic heterocycles. The number of aromatic nitrogens is 4. The molecule has 7 nitrogen and oxygen atoms in total. The Morgan fingerprint density at radius 2 is 2.04 bits per heavy atom. The molecule has 0 saturated carbocycles. The maximum Gasteiger partial charge on any atom is 0.279 e. The normalized spacial score (nSPS) is 14.3. The first-order valence-electron chi connectivity index (χ1n) is 9.44. The summed E-state index contributed by atoms with van der Waals surface area (Å²) >= 11 is 0. The lowest BCUT2D eigenvalue weighted by Crippen LogP contribution is -2.36. The van der Waals surface area contributed by atoms with Crippen LogP contribution in [0.2, 0.25) is 0 Å². The van der Waals surface area contributed by atoms with Crippen LogP contribution in [0.5, 0.6) is 0 Å². The molecule has 2 heterocycles. The predicted octanol–water partition coefficient (Wildman–Crippen LogP) is 1.96. The van der Waals surface area contributed by atoms with E-state index in [-0.39, 0.29) is 24.1 Å². The maximum atomic E-state index is 12.9. The Hall–Kier alpha value is -2.96. The Bertz CT molecular complexity index is 1050. The second kappa shape index (κ2) is 6.98. The van der Waals surface area contributed by atoms with Crippen molar-refractivity contribution in [3.8, 4) is 11.4 Å². The molecule has 0 radical (unpaired) electrons. The van der Waals surface area contributed by atoms with E-state index < -0.39 is 0 Å². The number of amides is 1. The van der Waals surface area contributed by atoms with E-state index >= 15 is 0 Å². The molecule has 0 unspecified atom stereocenters. The van der Waals surface area contributed by atoms with E-state index in [1.807, 2.05) is 48.7 Å². The van der Waals surface area contributed by atoms with Gasteiger partial charge in [0, 0.05) is 22.9 Å². The number of nitrogens with zero attached hydrogens (tertiary/aromatic N) is 4. The summed E-state index contributed by atoms with van der Waals surface area (Å²) in [6, 6.07) is 9.67. The highest BCUT2D eigenvalue weighted by Crippen LogP contribution is 2.22. The third kappa shape index (κ3) is 3.13. The smallest absolute Gasteiger partial charge is 0.279 e. The number of carbonyl (C=O) groups excluding carboxylic acids is 1. The van der Waals surface area contributed by atoms with Gasteiger partial charge in [0.1, 0.15) is 6.54 Å². The lowest BCUT2D eigenvalue weighted by molar-refractivity contribution is -0.122. The monoisotopic (exact) mass is 365 g/mol. The van der Waals surface area contributed by atoms with Crippen molar-refractivity contribution in [2.24, 2.45) is 0 Å². The second-order valence-corrected chi connectivity index (χ2v) is 7.06. The van der Waals surface area contributed by atoms with Gasteiger partial charge in [-0.25, -0.2) is 0 Å². The highest BCUT2D eigenvalue weighted by Gasteiger charge is 2.25. The molecule has 0 saturated heterocycles. The van der Waals surface area contributed by atoms with Crippen molar-refractivity contribution in [1.29, 1.82) is 0 Å². The molecule has 4 rings (SSSR count). The summed E-state index contributed by atoms with van der Waals surface area (Å²) in [6.45, 7) is 4.15. The molecular weight excluding hydrogens is 342 g/mol. The first-order valence-corrected chi connectivity index (χ1v) is 9.44. The lowest BCUT2D eigenvalue weighted by atomic mass is 10.2. The van der Waals surface area contributed by atoms with E-state index in [1.165, 1.54) is 4.52 Å². The Kier molecular flexibility index (Phi) is 4.51. The van der Waals surface area contributed by atoms with Crippen molar-refractivity contribution < 1.29 is 4.79 Å². The summed E-state index contributed by atoms with van der Waals surface area (Å²) in [7, 11) is 0. The van der Waals surface area contributed by atoms with E-state index in [9.17, 15) is 9.59 Å². The number of benzene rings is 1. The van der Waals surface area contributed by atoms with E-state index in [4.69, 9.17) is 0 Å². The van der Waals surface area contributed by atoms with Gasteiger partial charge in [-0.3, -0.25) is 9.59 Å². The summed E-state index contributed by atoms with van der Waals surface area (Å²) < 4.78 is 3.21. The average Bonchev–Trinajstić information content (AvgIpc) is 3.33. The topological polar surface area (TPSA) is 81.3 Å². The molecular formula is C20H23N5O2. The van der Waals surface area contributed by atoms with Crippen LogP contribution in [0.3, 0.4) is 0 Å². The number of rotatable bonds is 5. The first kappa shape index (κ1) is 17.5. The van der Waals surface area contributed by atoms with Gasteiger partial charge in [0.15, 0.2) is 5.82 Å². The number of hydrogen-bond donors (Lipinski definition) is 1. The third-order valence-corrected chi connectivity index (χ3v) is 5.15. The van der Waals surface area contributed by atoms with Crippen molar-refractivity contribution >= 4 is 11.7 Å². The summed E-state index contributed by atoms with van der Waals surface area (Å²) in [4.78, 5) is 30.0. The van der Waals surface area contributed by atoms with Gasteiger partial charge >= 0.3 is 0 Å². The Morgan fingerprint density at radius 3 is 2.78 bits per heavy atom. The quantitative estimate of drug-likeness (QED) is 0.749. The average molecular weight is 365 g/mol. The van der Waals surface area contributed by atoms with Gasteiger partial charge < -0.3 is 9.88 Å². The SMILES string of the molecule is CC[C@@H](C)NC(=O)Cn1c2c(c(=O)n3nc(-c4ccccc4)nc13)CCC2. The van der Waals surface area contributed by atoms with Crippen molar-refractivity contribution in [2.75, 3.05) is 0 Å². The lowest BCUT2D eigenvalue weighted by Gasteiger charge is -2.16. The van der Waals surface area contributed by atoms with Crippen LogP contribution >= 0.6 is 0 Å². The standard InChI is InChI=1S/C20H23N5O2/c1-3-13(2)21-17(26)12-24-16-11-7-10-15(16)19(27)25-20(24)22-18(23-25)14-8-5-4-6-9-14/h4-6,8-9,13H,3,7,10-12H2,1-2H3,(H,21,26)/t13-/m1/s1. The zero-order valence-corrected chi connectivity index (χ0v) is 15.6. The van der Waals surface area contributed by atoms with Crippen LogP contribution in [0.4, 0.5) is 0 Å². The molecule has 1 aromatic carbocycles. The number of carbonyl (C=O) groups is 1. The summed E-state index contributed by atoms with van der Waals surface area (Å²) in [6.07, 6.45) is 3.28. The second-order valence-electron chi connectivity index (χ2n) is 7.06. The minimum Gasteiger partial charge on any atom is -0.352 e. The zero-order valence-electron chi connectivity index (χ0n) is 15.6. The van der Waals surface area contributed by atoms with Crippen molar-refractivity contribution in [3.63, 3.8) is 0 Å². The van der Waals surface area contributed by atoms with E-state index in [0.29, 0.717) is 11.6 Å². The zero-order chi connectivity index (χ0) is 19.0. The molecule has 1 atom stereocenters. The molecule has 0 bridgehead atoms. The van der Waals surface area contributed by atoms with Crippen LogP contribution in [0, 0.1) is 0 Å². The molecule has 2 aromatic heterocycles. The van der Waals surface area contributed by atoms with Gasteiger partial charge in [0.2, 0.25) is 11.7 Å². The van der Waals surface area contributed by atoms with Crippen LogP contribution in [-0.4, -0.2) is 31.1 Å². The molecule has 7 heteroatoms. The summed E-state index contributed by atoms with van der Waals surface area (Å²) in [5, 5.41) is 7.44. The molecule has 3 aromatic rings. The fourth-order valence-electron chi connectivity index (χ4n) is 3.56. The van der Waals surface area contributed by atoms with Gasteiger partial charge in [-0.15, -0.1) is 5.10 Å². The molecule has 1 aliphatic rings. The van der Waals surface area contributed by atoms with Crippen LogP contribution < -0.4 is 10.9 Å². The molecule has 1 aliphatic carbocycles. The minimum absolute atomic E-state index is 0.0757. The highest BCUT2D eigenvalue weighted by molar-refractivity contribution is 5.76. The van der Waals surface area contributed by atoms with Gasteiger partial charge in [0.05, 0.1) is 0 Å². The van der Waals surface area contributed by atoms with Crippen molar-refractivity contribution in [1.82, 2.24) is 24.5 Å². The predicted molar refractivity (Wildman–Crippen MR) is 103 cm³/mol. The Morgan fingerprint density at radius 1 is 1.26 bits per heavy atom. The van der Waals surface area contributed by atoms with Crippen LogP contribution in [0.15, 0.2) is 35.1 Å². The largest absolute Gasteiger partial charge is 0.352 e. The van der Waals surface area contributed by atoms with Crippen molar-refractivity contribution in [3.05, 3.63) is 51.9 Å². The van der Waals surface area contributed by atoms with E-state index in [2.05, 4.69) is 15.4 Å². The van der Waals surface area contributed by atoms with Crippen LogP contribution in [0.25, 0.3) is 17.2 Å². The van der Waals surface area contributed by atoms with E-state index in [0.717, 1.165) is 42.5 Å². The summed E-state index contributed by atoms with van der Waals surface area (Å²) in [5.41, 5.74) is 2.39. The highest BCUT2D eigenvalue weighted by atomic mass is 16.2. The minimum atomic E-state index is -0.120. The Labute approximate surface area is 157 Å². The summed E-state index contributed by atoms with van der Waals surface area (Å²) in [5.74, 6) is 0.847. The maximum absolute atomic E-state index is 12.9. The molecule has 140 valence electrons. The van der Waals surface area contributed by atoms with Crippen molar-refractivity contribution in [2.45, 2.75) is 52.1 Å². The Balaban J connectivity index is 1.84. The molecule has 27 heavy (non-hydrogen) atoms. The molecule has 1 N–H and O–H groups in total. The molecule has 0 fully saturated rings. The van der Waals surface area contributed by atoms with Gasteiger partial charge in [-0.1, -0.05) is 37.3 Å². The van der Waals surface area contributed by atoms with Crippen LogP contribution in [0.1, 0.15) is 37.9 Å². The van der Waals surface area contributed by atoms with Gasteiger partial charge in [-0.2, -0.15) is 9.50 Å². The fraction of sp³-hybridized carbons (Fsp3) is 0.400. The van der Waals surface area contributed by atoms with Gasteiger partial charge in [-0.05, 0) is 32.6 Å². The van der Waals surface area contributed by atoms with Crippen LogP contribution in [-0.2, 0) is 24.2 Å². The number of fused-ring (bicyclic) bond motifs is 2. The number of hydrogen-bond acceptors (Lipinski definition) is 4. The molecule has 0 spiro atoms.